The van der Waals surface area contributed by atoms with Crippen molar-refractivity contribution in [1.29, 1.82) is 0 Å². The topological polar surface area (TPSA) is 29.1 Å². The Labute approximate surface area is 136 Å². The molecule has 2 aromatic rings. The van der Waals surface area contributed by atoms with Crippen LogP contribution in [0.15, 0.2) is 54.6 Å². The summed E-state index contributed by atoms with van der Waals surface area (Å²) in [7, 11) is 0. The van der Waals surface area contributed by atoms with Crippen LogP contribution in [0.5, 0.6) is 0 Å². The van der Waals surface area contributed by atoms with E-state index in [0.29, 0.717) is 5.75 Å². The first-order valence-electron chi connectivity index (χ1n) is 7.82. The molecule has 0 heterocycles. The summed E-state index contributed by atoms with van der Waals surface area (Å²) in [5, 5.41) is 3.20. The van der Waals surface area contributed by atoms with Gasteiger partial charge in [-0.3, -0.25) is 4.79 Å². The summed E-state index contributed by atoms with van der Waals surface area (Å²) in [5.74, 6) is 1.55. The highest BCUT2D eigenvalue weighted by molar-refractivity contribution is 7.99. The van der Waals surface area contributed by atoms with Gasteiger partial charge in [-0.2, -0.15) is 0 Å². The van der Waals surface area contributed by atoms with E-state index < -0.39 is 0 Å². The normalized spacial score (nSPS) is 16.8. The molecule has 1 amide bonds. The number of fused-ring (bicyclic) bond motifs is 1. The molecule has 2 nitrogen and oxygen atoms in total. The maximum absolute atomic E-state index is 12.2. The van der Waals surface area contributed by atoms with Crippen molar-refractivity contribution >= 4 is 17.7 Å². The number of rotatable bonds is 5. The summed E-state index contributed by atoms with van der Waals surface area (Å²) in [6.45, 7) is 0. The van der Waals surface area contributed by atoms with Crippen LogP contribution in [0.1, 0.15) is 35.6 Å². The molecule has 0 saturated carbocycles. The number of thioether (sulfide) groups is 1. The van der Waals surface area contributed by atoms with Gasteiger partial charge in [0.1, 0.15) is 0 Å². The van der Waals surface area contributed by atoms with Crippen molar-refractivity contribution in [2.24, 2.45) is 0 Å². The Morgan fingerprint density at radius 1 is 1.09 bits per heavy atom. The molecule has 1 N–H and O–H groups in total. The van der Waals surface area contributed by atoms with Gasteiger partial charge in [-0.05, 0) is 36.0 Å². The van der Waals surface area contributed by atoms with Gasteiger partial charge < -0.3 is 5.32 Å². The Bertz CT molecular complexity index is 626. The number of amides is 1. The fraction of sp³-hybridized carbons (Fsp3) is 0.316. The highest BCUT2D eigenvalue weighted by Crippen LogP contribution is 2.29. The lowest BCUT2D eigenvalue weighted by atomic mass is 9.88. The van der Waals surface area contributed by atoms with Gasteiger partial charge in [0.25, 0.3) is 0 Å². The SMILES string of the molecule is O=C(CSCc1ccccc1)N[C@H]1CCCc2ccccc21. The van der Waals surface area contributed by atoms with Crippen molar-refractivity contribution in [3.8, 4) is 0 Å². The van der Waals surface area contributed by atoms with Crippen molar-refractivity contribution in [3.63, 3.8) is 0 Å². The average Bonchev–Trinajstić information content (AvgIpc) is 2.56. The van der Waals surface area contributed by atoms with E-state index in [1.54, 1.807) is 11.8 Å². The van der Waals surface area contributed by atoms with Crippen LogP contribution in [0, 0.1) is 0 Å². The molecule has 1 atom stereocenters. The van der Waals surface area contributed by atoms with Crippen LogP contribution >= 0.6 is 11.8 Å². The second kappa shape index (κ2) is 7.50. The number of hydrogen-bond acceptors (Lipinski definition) is 2. The van der Waals surface area contributed by atoms with E-state index in [1.165, 1.54) is 16.7 Å². The maximum Gasteiger partial charge on any atom is 0.230 e. The van der Waals surface area contributed by atoms with Gasteiger partial charge in [-0.15, -0.1) is 11.8 Å². The van der Waals surface area contributed by atoms with E-state index in [4.69, 9.17) is 0 Å². The third kappa shape index (κ3) is 3.92. The Balaban J connectivity index is 1.50. The molecule has 0 saturated heterocycles. The minimum atomic E-state index is 0.141. The summed E-state index contributed by atoms with van der Waals surface area (Å²) >= 11 is 1.67. The largest absolute Gasteiger partial charge is 0.349 e. The van der Waals surface area contributed by atoms with Crippen LogP contribution in [0.3, 0.4) is 0 Å². The molecule has 0 spiro atoms. The second-order valence-corrected chi connectivity index (χ2v) is 6.68. The molecule has 0 aliphatic heterocycles. The predicted molar refractivity (Wildman–Crippen MR) is 92.9 cm³/mol. The van der Waals surface area contributed by atoms with Crippen LogP contribution in [-0.2, 0) is 17.0 Å². The third-order valence-corrected chi connectivity index (χ3v) is 5.05. The van der Waals surface area contributed by atoms with Crippen LogP contribution in [0.25, 0.3) is 0 Å². The Kier molecular flexibility index (Phi) is 5.17. The zero-order chi connectivity index (χ0) is 15.2. The first-order valence-corrected chi connectivity index (χ1v) is 8.97. The Morgan fingerprint density at radius 3 is 2.73 bits per heavy atom. The lowest BCUT2D eigenvalue weighted by Gasteiger charge is -2.26. The van der Waals surface area contributed by atoms with Gasteiger partial charge in [0.05, 0.1) is 11.8 Å². The van der Waals surface area contributed by atoms with Gasteiger partial charge in [-0.25, -0.2) is 0 Å². The van der Waals surface area contributed by atoms with Crippen LogP contribution in [0.4, 0.5) is 0 Å². The van der Waals surface area contributed by atoms with E-state index in [-0.39, 0.29) is 11.9 Å². The van der Waals surface area contributed by atoms with Gasteiger partial charge in [0.2, 0.25) is 5.91 Å². The number of nitrogens with one attached hydrogen (secondary N) is 1. The zero-order valence-corrected chi connectivity index (χ0v) is 13.4. The van der Waals surface area contributed by atoms with Crippen LogP contribution in [-0.4, -0.2) is 11.7 Å². The fourth-order valence-electron chi connectivity index (χ4n) is 2.98. The summed E-state index contributed by atoms with van der Waals surface area (Å²) < 4.78 is 0. The minimum absolute atomic E-state index is 0.141. The summed E-state index contributed by atoms with van der Waals surface area (Å²) in [6, 6.07) is 18.9. The van der Waals surface area contributed by atoms with Crippen molar-refractivity contribution in [2.75, 3.05) is 5.75 Å². The maximum atomic E-state index is 12.2. The molecule has 1 aliphatic rings. The van der Waals surface area contributed by atoms with Crippen molar-refractivity contribution in [1.82, 2.24) is 5.32 Å². The first-order chi connectivity index (χ1) is 10.8. The molecule has 114 valence electrons. The number of carbonyl (C=O) groups is 1. The van der Waals surface area contributed by atoms with Crippen LogP contribution < -0.4 is 5.32 Å². The number of benzene rings is 2. The third-order valence-electron chi connectivity index (χ3n) is 4.05. The average molecular weight is 311 g/mol. The van der Waals surface area contributed by atoms with Gasteiger partial charge in [0.15, 0.2) is 0 Å². The molecule has 3 rings (SSSR count). The number of carbonyl (C=O) groups excluding carboxylic acids is 1. The molecule has 0 bridgehead atoms. The molecule has 1 aliphatic carbocycles. The van der Waals surface area contributed by atoms with Gasteiger partial charge in [0, 0.05) is 5.75 Å². The molecular formula is C19H21NOS. The highest BCUT2D eigenvalue weighted by Gasteiger charge is 2.21. The fourth-order valence-corrected chi connectivity index (χ4v) is 3.77. The van der Waals surface area contributed by atoms with Crippen molar-refractivity contribution in [2.45, 2.75) is 31.1 Å². The Hall–Kier alpha value is -1.74. The molecule has 0 unspecified atom stereocenters. The van der Waals surface area contributed by atoms with Crippen LogP contribution in [0.2, 0.25) is 0 Å². The molecule has 22 heavy (non-hydrogen) atoms. The predicted octanol–water partition coefficient (Wildman–Crippen LogP) is 4.11. The lowest BCUT2D eigenvalue weighted by Crippen LogP contribution is -2.32. The van der Waals surface area contributed by atoms with E-state index >= 15 is 0 Å². The van der Waals surface area contributed by atoms with Gasteiger partial charge >= 0.3 is 0 Å². The second-order valence-electron chi connectivity index (χ2n) is 5.69. The lowest BCUT2D eigenvalue weighted by molar-refractivity contribution is -0.119. The van der Waals surface area contributed by atoms with Crippen molar-refractivity contribution < 1.29 is 4.79 Å². The summed E-state index contributed by atoms with van der Waals surface area (Å²) in [4.78, 5) is 12.2. The summed E-state index contributed by atoms with van der Waals surface area (Å²) in [5.41, 5.74) is 3.95. The Morgan fingerprint density at radius 2 is 1.86 bits per heavy atom. The zero-order valence-electron chi connectivity index (χ0n) is 12.6. The van der Waals surface area contributed by atoms with Crippen molar-refractivity contribution in [3.05, 3.63) is 71.3 Å². The molecular weight excluding hydrogens is 290 g/mol. The van der Waals surface area contributed by atoms with E-state index in [2.05, 4.69) is 41.7 Å². The van der Waals surface area contributed by atoms with Gasteiger partial charge in [-0.1, -0.05) is 54.6 Å². The first kappa shape index (κ1) is 15.2. The molecule has 0 aromatic heterocycles. The standard InChI is InChI=1S/C19H21NOS/c21-19(14-22-13-15-7-2-1-3-8-15)20-18-12-6-10-16-9-4-5-11-17(16)18/h1-5,7-9,11,18H,6,10,12-14H2,(H,20,21)/t18-/m0/s1. The molecule has 0 radical (unpaired) electrons. The molecule has 3 heteroatoms. The minimum Gasteiger partial charge on any atom is -0.349 e. The number of aryl methyl sites for hydroxylation is 1. The quantitative estimate of drug-likeness (QED) is 0.900. The molecule has 2 aromatic carbocycles. The number of hydrogen-bond donors (Lipinski definition) is 1. The van der Waals surface area contributed by atoms with E-state index in [9.17, 15) is 4.79 Å². The smallest absolute Gasteiger partial charge is 0.230 e. The monoisotopic (exact) mass is 311 g/mol. The summed E-state index contributed by atoms with van der Waals surface area (Å²) in [6.07, 6.45) is 3.33. The highest BCUT2D eigenvalue weighted by atomic mass is 32.2. The van der Waals surface area contributed by atoms with E-state index in [1.807, 2.05) is 18.2 Å². The molecule has 0 fully saturated rings. The van der Waals surface area contributed by atoms with E-state index in [0.717, 1.165) is 25.0 Å².